The van der Waals surface area contributed by atoms with Gasteiger partial charge in [-0.05, 0) is 40.6 Å². The molecule has 0 aliphatic carbocycles. The zero-order chi connectivity index (χ0) is 14.7. The highest BCUT2D eigenvalue weighted by Crippen LogP contribution is 2.22. The minimum Gasteiger partial charge on any atom is -0.381 e. The molecular weight excluding hydrogens is 280 g/mol. The van der Waals surface area contributed by atoms with Crippen molar-refractivity contribution in [2.24, 2.45) is 0 Å². The van der Waals surface area contributed by atoms with Gasteiger partial charge in [-0.25, -0.2) is 0 Å². The third-order valence-corrected chi connectivity index (χ3v) is 3.77. The van der Waals surface area contributed by atoms with E-state index in [-0.39, 0.29) is 0 Å². The van der Waals surface area contributed by atoms with Crippen molar-refractivity contribution in [3.05, 3.63) is 76.8 Å². The summed E-state index contributed by atoms with van der Waals surface area (Å²) in [6, 6.07) is 22.0. The van der Waals surface area contributed by atoms with Gasteiger partial charge >= 0.3 is 0 Å². The molecule has 0 fully saturated rings. The van der Waals surface area contributed by atoms with Crippen molar-refractivity contribution >= 4 is 28.1 Å². The summed E-state index contributed by atoms with van der Waals surface area (Å²) in [7, 11) is 0. The number of anilines is 1. The Bertz CT molecular complexity index is 834. The van der Waals surface area contributed by atoms with Gasteiger partial charge in [-0.1, -0.05) is 48.0 Å². The fourth-order valence-corrected chi connectivity index (χ4v) is 2.50. The van der Waals surface area contributed by atoms with Crippen molar-refractivity contribution in [3.63, 3.8) is 0 Å². The standard InChI is InChI=1S/C18H13ClN2/c19-18-9-13(11-20)5-6-16(18)12-21-17-8-7-14-3-1-2-4-15(14)10-17/h1-10,21H,12H2. The van der Waals surface area contributed by atoms with E-state index >= 15 is 0 Å². The lowest BCUT2D eigenvalue weighted by Gasteiger charge is -2.09. The number of hydrogen-bond acceptors (Lipinski definition) is 2. The van der Waals surface area contributed by atoms with Gasteiger partial charge in [0.05, 0.1) is 11.6 Å². The molecule has 0 aliphatic rings. The van der Waals surface area contributed by atoms with Crippen LogP contribution in [-0.4, -0.2) is 0 Å². The van der Waals surface area contributed by atoms with Crippen LogP contribution in [0, 0.1) is 11.3 Å². The maximum absolute atomic E-state index is 8.84. The van der Waals surface area contributed by atoms with E-state index in [9.17, 15) is 0 Å². The molecule has 0 aromatic heterocycles. The highest BCUT2D eigenvalue weighted by Gasteiger charge is 2.02. The minimum absolute atomic E-state index is 0.578. The number of nitrogens with zero attached hydrogens (tertiary/aromatic N) is 1. The molecule has 0 aliphatic heterocycles. The fraction of sp³-hybridized carbons (Fsp3) is 0.0556. The summed E-state index contributed by atoms with van der Waals surface area (Å²) in [6.45, 7) is 0.628. The van der Waals surface area contributed by atoms with Crippen LogP contribution < -0.4 is 5.32 Å². The molecule has 0 heterocycles. The maximum atomic E-state index is 8.84. The van der Waals surface area contributed by atoms with Gasteiger partial charge in [0, 0.05) is 17.3 Å². The molecule has 0 spiro atoms. The summed E-state index contributed by atoms with van der Waals surface area (Å²) in [4.78, 5) is 0. The zero-order valence-electron chi connectivity index (χ0n) is 11.3. The number of fused-ring (bicyclic) bond motifs is 1. The number of nitriles is 1. The number of hydrogen-bond donors (Lipinski definition) is 1. The van der Waals surface area contributed by atoms with Crippen LogP contribution in [0.25, 0.3) is 10.8 Å². The van der Waals surface area contributed by atoms with E-state index < -0.39 is 0 Å². The van der Waals surface area contributed by atoms with E-state index in [4.69, 9.17) is 16.9 Å². The summed E-state index contributed by atoms with van der Waals surface area (Å²) < 4.78 is 0. The van der Waals surface area contributed by atoms with E-state index in [1.807, 2.05) is 18.2 Å². The zero-order valence-corrected chi connectivity index (χ0v) is 12.1. The Kier molecular flexibility index (Phi) is 3.77. The number of halogens is 1. The van der Waals surface area contributed by atoms with Crippen LogP contribution in [-0.2, 0) is 6.54 Å². The molecule has 102 valence electrons. The van der Waals surface area contributed by atoms with Gasteiger partial charge in [-0.15, -0.1) is 0 Å². The smallest absolute Gasteiger partial charge is 0.0992 e. The van der Waals surface area contributed by atoms with Crippen molar-refractivity contribution < 1.29 is 0 Å². The molecule has 1 N–H and O–H groups in total. The molecule has 0 bridgehead atoms. The highest BCUT2D eigenvalue weighted by molar-refractivity contribution is 6.31. The van der Waals surface area contributed by atoms with Crippen LogP contribution >= 0.6 is 11.6 Å². The largest absolute Gasteiger partial charge is 0.381 e. The van der Waals surface area contributed by atoms with Gasteiger partial charge in [0.2, 0.25) is 0 Å². The van der Waals surface area contributed by atoms with Gasteiger partial charge in [0.25, 0.3) is 0 Å². The number of rotatable bonds is 3. The first-order chi connectivity index (χ1) is 10.3. The molecule has 2 nitrogen and oxygen atoms in total. The summed E-state index contributed by atoms with van der Waals surface area (Å²) in [5, 5.41) is 15.2. The maximum Gasteiger partial charge on any atom is 0.0992 e. The summed E-state index contributed by atoms with van der Waals surface area (Å²) in [5.41, 5.74) is 2.60. The Balaban J connectivity index is 1.78. The second-order valence-corrected chi connectivity index (χ2v) is 5.24. The first kappa shape index (κ1) is 13.5. The Morgan fingerprint density at radius 1 is 0.952 bits per heavy atom. The van der Waals surface area contributed by atoms with Crippen LogP contribution in [0.4, 0.5) is 5.69 Å². The molecule has 0 saturated carbocycles. The second kappa shape index (κ2) is 5.87. The van der Waals surface area contributed by atoms with Crippen molar-refractivity contribution in [2.45, 2.75) is 6.54 Å². The van der Waals surface area contributed by atoms with Crippen molar-refractivity contribution in [2.75, 3.05) is 5.32 Å². The molecule has 21 heavy (non-hydrogen) atoms. The van der Waals surface area contributed by atoms with E-state index in [1.54, 1.807) is 12.1 Å². The molecule has 3 aromatic carbocycles. The van der Waals surface area contributed by atoms with Gasteiger partial charge in [0.1, 0.15) is 0 Å². The van der Waals surface area contributed by atoms with E-state index in [0.29, 0.717) is 17.1 Å². The summed E-state index contributed by atoms with van der Waals surface area (Å²) in [5.74, 6) is 0. The van der Waals surface area contributed by atoms with Crippen LogP contribution in [0.5, 0.6) is 0 Å². The quantitative estimate of drug-likeness (QED) is 0.739. The lowest BCUT2D eigenvalue weighted by molar-refractivity contribution is 1.15. The minimum atomic E-state index is 0.578. The third-order valence-electron chi connectivity index (χ3n) is 3.41. The fourth-order valence-electron chi connectivity index (χ4n) is 2.26. The Labute approximate surface area is 128 Å². The topological polar surface area (TPSA) is 35.8 Å². The Morgan fingerprint density at radius 2 is 1.76 bits per heavy atom. The number of benzene rings is 3. The summed E-state index contributed by atoms with van der Waals surface area (Å²) in [6.07, 6.45) is 0. The molecule has 0 radical (unpaired) electrons. The average Bonchev–Trinajstić information content (AvgIpc) is 2.53. The first-order valence-corrected chi connectivity index (χ1v) is 7.05. The molecular formula is C18H13ClN2. The molecule has 0 atom stereocenters. The van der Waals surface area contributed by atoms with E-state index in [1.165, 1.54) is 10.8 Å². The van der Waals surface area contributed by atoms with Crippen LogP contribution in [0.1, 0.15) is 11.1 Å². The SMILES string of the molecule is N#Cc1ccc(CNc2ccc3ccccc3c2)c(Cl)c1. The predicted octanol–water partition coefficient (Wildman–Crippen LogP) is 4.98. The highest BCUT2D eigenvalue weighted by atomic mass is 35.5. The molecule has 3 heteroatoms. The van der Waals surface area contributed by atoms with Crippen LogP contribution in [0.3, 0.4) is 0 Å². The van der Waals surface area contributed by atoms with E-state index in [2.05, 4.69) is 41.7 Å². The molecule has 3 rings (SSSR count). The molecule has 3 aromatic rings. The first-order valence-electron chi connectivity index (χ1n) is 6.67. The van der Waals surface area contributed by atoms with Crippen LogP contribution in [0.15, 0.2) is 60.7 Å². The number of nitrogens with one attached hydrogen (secondary N) is 1. The van der Waals surface area contributed by atoms with Gasteiger partial charge < -0.3 is 5.32 Å². The Hall–Kier alpha value is -2.50. The van der Waals surface area contributed by atoms with Crippen LogP contribution in [0.2, 0.25) is 5.02 Å². The normalized spacial score (nSPS) is 10.3. The molecule has 0 saturated heterocycles. The van der Waals surface area contributed by atoms with Gasteiger partial charge in [-0.2, -0.15) is 5.26 Å². The lowest BCUT2D eigenvalue weighted by atomic mass is 10.1. The average molecular weight is 293 g/mol. The van der Waals surface area contributed by atoms with E-state index in [0.717, 1.165) is 11.3 Å². The van der Waals surface area contributed by atoms with Crippen molar-refractivity contribution in [1.82, 2.24) is 0 Å². The molecule has 0 amide bonds. The molecule has 0 unspecified atom stereocenters. The summed E-state index contributed by atoms with van der Waals surface area (Å²) >= 11 is 6.18. The lowest BCUT2D eigenvalue weighted by Crippen LogP contribution is -2.00. The van der Waals surface area contributed by atoms with Crippen molar-refractivity contribution in [1.29, 1.82) is 5.26 Å². The monoisotopic (exact) mass is 292 g/mol. The Morgan fingerprint density at radius 3 is 2.52 bits per heavy atom. The predicted molar refractivity (Wildman–Crippen MR) is 87.4 cm³/mol. The second-order valence-electron chi connectivity index (χ2n) is 4.83. The van der Waals surface area contributed by atoms with Crippen molar-refractivity contribution in [3.8, 4) is 6.07 Å². The van der Waals surface area contributed by atoms with Gasteiger partial charge in [0.15, 0.2) is 0 Å². The third kappa shape index (κ3) is 2.99. The van der Waals surface area contributed by atoms with Gasteiger partial charge in [-0.3, -0.25) is 0 Å².